The summed E-state index contributed by atoms with van der Waals surface area (Å²) < 4.78 is 0. The molecule has 0 saturated carbocycles. The second-order valence-corrected chi connectivity index (χ2v) is 1.86. The fraction of sp³-hybridized carbons (Fsp3) is 0.571. The lowest BCUT2D eigenvalue weighted by atomic mass is 10.5. The highest BCUT2D eigenvalue weighted by molar-refractivity contribution is 5.76. The van der Waals surface area contributed by atoms with E-state index in [1.54, 1.807) is 0 Å². The summed E-state index contributed by atoms with van der Waals surface area (Å²) in [5, 5.41) is 0. The smallest absolute Gasteiger partial charge is 0.213 e. The van der Waals surface area contributed by atoms with Crippen molar-refractivity contribution in [3.8, 4) is 12.3 Å². The van der Waals surface area contributed by atoms with Gasteiger partial charge in [-0.15, -0.1) is 6.42 Å². The van der Waals surface area contributed by atoms with E-state index < -0.39 is 0 Å². The first-order chi connectivity index (χ1) is 5.31. The number of nitrogens with zero attached hydrogens (tertiary/aromatic N) is 1. The Balaban J connectivity index is 3.36. The minimum absolute atomic E-state index is 0.183. The molecule has 4 nitrogen and oxygen atoms in total. The number of aliphatic imine (C=N–C) groups is 1. The van der Waals surface area contributed by atoms with Crippen molar-refractivity contribution in [1.29, 1.82) is 0 Å². The van der Waals surface area contributed by atoms with Crippen LogP contribution in [0.4, 0.5) is 0 Å². The number of hydrogen-bond acceptors (Lipinski definition) is 2. The molecule has 0 aromatic heterocycles. The SMILES string of the molecule is C#CCONC(N)=NCCC. The molecule has 0 amide bonds. The Hall–Kier alpha value is -1.21. The van der Waals surface area contributed by atoms with E-state index in [1.807, 2.05) is 6.92 Å². The summed E-state index contributed by atoms with van der Waals surface area (Å²) in [6.07, 6.45) is 5.88. The molecule has 0 aromatic carbocycles. The van der Waals surface area contributed by atoms with Crippen molar-refractivity contribution in [2.45, 2.75) is 13.3 Å². The van der Waals surface area contributed by atoms with Gasteiger partial charge in [0.05, 0.1) is 0 Å². The van der Waals surface area contributed by atoms with Gasteiger partial charge < -0.3 is 5.73 Å². The summed E-state index contributed by atoms with van der Waals surface area (Å²) >= 11 is 0. The van der Waals surface area contributed by atoms with Crippen molar-refractivity contribution in [2.24, 2.45) is 10.7 Å². The first kappa shape index (κ1) is 9.79. The molecular weight excluding hydrogens is 142 g/mol. The van der Waals surface area contributed by atoms with Crippen molar-refractivity contribution in [3.05, 3.63) is 0 Å². The van der Waals surface area contributed by atoms with Crippen LogP contribution in [0, 0.1) is 12.3 Å². The largest absolute Gasteiger partial charge is 0.368 e. The molecular formula is C7H13N3O. The summed E-state index contributed by atoms with van der Waals surface area (Å²) in [5.74, 6) is 2.55. The summed E-state index contributed by atoms with van der Waals surface area (Å²) in [6, 6.07) is 0. The van der Waals surface area contributed by atoms with Crippen molar-refractivity contribution < 1.29 is 4.84 Å². The van der Waals surface area contributed by atoms with Gasteiger partial charge in [0.2, 0.25) is 5.96 Å². The van der Waals surface area contributed by atoms with Crippen LogP contribution in [-0.2, 0) is 4.84 Å². The highest BCUT2D eigenvalue weighted by atomic mass is 16.6. The van der Waals surface area contributed by atoms with Gasteiger partial charge in [0.25, 0.3) is 0 Å². The number of nitrogens with one attached hydrogen (secondary N) is 1. The predicted molar refractivity (Wildman–Crippen MR) is 44.7 cm³/mol. The van der Waals surface area contributed by atoms with E-state index >= 15 is 0 Å². The van der Waals surface area contributed by atoms with Crippen LogP contribution in [0.1, 0.15) is 13.3 Å². The summed E-state index contributed by atoms with van der Waals surface area (Å²) in [6.45, 7) is 2.89. The zero-order valence-corrected chi connectivity index (χ0v) is 6.63. The third-order valence-corrected chi connectivity index (χ3v) is 0.838. The Morgan fingerprint density at radius 1 is 1.82 bits per heavy atom. The maximum Gasteiger partial charge on any atom is 0.213 e. The van der Waals surface area contributed by atoms with Crippen molar-refractivity contribution in [1.82, 2.24) is 5.48 Å². The Morgan fingerprint density at radius 3 is 3.09 bits per heavy atom. The molecule has 62 valence electrons. The van der Waals surface area contributed by atoms with E-state index in [0.717, 1.165) is 6.42 Å². The molecule has 0 atom stereocenters. The third-order valence-electron chi connectivity index (χ3n) is 0.838. The number of terminal acetylenes is 1. The van der Waals surface area contributed by atoms with Crippen LogP contribution in [0.25, 0.3) is 0 Å². The van der Waals surface area contributed by atoms with Crippen molar-refractivity contribution >= 4 is 5.96 Å². The third kappa shape index (κ3) is 6.68. The van der Waals surface area contributed by atoms with E-state index in [1.165, 1.54) is 0 Å². The molecule has 0 unspecified atom stereocenters. The molecule has 0 radical (unpaired) electrons. The van der Waals surface area contributed by atoms with E-state index in [0.29, 0.717) is 6.54 Å². The molecule has 0 heterocycles. The van der Waals surface area contributed by atoms with Crippen LogP contribution < -0.4 is 11.2 Å². The van der Waals surface area contributed by atoms with Crippen molar-refractivity contribution in [3.63, 3.8) is 0 Å². The van der Waals surface area contributed by atoms with Crippen LogP contribution in [0.5, 0.6) is 0 Å². The maximum atomic E-state index is 5.35. The number of hydroxylamine groups is 1. The van der Waals surface area contributed by atoms with E-state index in [-0.39, 0.29) is 12.6 Å². The monoisotopic (exact) mass is 155 g/mol. The number of hydrogen-bond donors (Lipinski definition) is 2. The lowest BCUT2D eigenvalue weighted by molar-refractivity contribution is 0.114. The standard InChI is InChI=1S/C7H13N3O/c1-3-5-9-7(8)10-11-6-4-2/h2H,3,5-6H2,1H3,(H3,8,9,10). The molecule has 4 heteroatoms. The first-order valence-electron chi connectivity index (χ1n) is 3.42. The summed E-state index contributed by atoms with van der Waals surface area (Å²) in [4.78, 5) is 8.60. The minimum Gasteiger partial charge on any atom is -0.368 e. The average molecular weight is 155 g/mol. The number of rotatable bonds is 4. The van der Waals surface area contributed by atoms with Gasteiger partial charge in [-0.2, -0.15) is 0 Å². The molecule has 0 aromatic rings. The van der Waals surface area contributed by atoms with Crippen molar-refractivity contribution in [2.75, 3.05) is 13.2 Å². The summed E-state index contributed by atoms with van der Waals surface area (Å²) in [7, 11) is 0. The topological polar surface area (TPSA) is 59.6 Å². The van der Waals surface area contributed by atoms with E-state index in [9.17, 15) is 0 Å². The second kappa shape index (κ2) is 6.90. The zero-order chi connectivity index (χ0) is 8.53. The summed E-state index contributed by atoms with van der Waals surface area (Å²) in [5.41, 5.74) is 7.75. The molecule has 11 heavy (non-hydrogen) atoms. The lowest BCUT2D eigenvalue weighted by Gasteiger charge is -2.01. The zero-order valence-electron chi connectivity index (χ0n) is 6.63. The normalized spacial score (nSPS) is 10.7. The highest BCUT2D eigenvalue weighted by Crippen LogP contribution is 1.76. The van der Waals surface area contributed by atoms with Crippen LogP contribution in [0.3, 0.4) is 0 Å². The Kier molecular flexibility index (Phi) is 6.14. The molecule has 0 aliphatic carbocycles. The molecule has 0 fully saturated rings. The average Bonchev–Trinajstić information content (AvgIpc) is 2.01. The number of guanidine groups is 1. The molecule has 0 bridgehead atoms. The van der Waals surface area contributed by atoms with Gasteiger partial charge in [-0.05, 0) is 6.42 Å². The second-order valence-electron chi connectivity index (χ2n) is 1.86. The fourth-order valence-corrected chi connectivity index (χ4v) is 0.416. The van der Waals surface area contributed by atoms with Gasteiger partial charge in [0.15, 0.2) is 0 Å². The molecule has 0 aliphatic rings. The predicted octanol–water partition coefficient (Wildman–Crippen LogP) is -0.135. The van der Waals surface area contributed by atoms with Gasteiger partial charge >= 0.3 is 0 Å². The quantitative estimate of drug-likeness (QED) is 0.195. The Labute approximate surface area is 66.8 Å². The molecule has 0 spiro atoms. The van der Waals surface area contributed by atoms with Crippen LogP contribution >= 0.6 is 0 Å². The molecule has 0 rings (SSSR count). The van der Waals surface area contributed by atoms with Crippen LogP contribution in [0.15, 0.2) is 4.99 Å². The number of nitrogens with two attached hydrogens (primary N) is 1. The van der Waals surface area contributed by atoms with Crippen LogP contribution in [-0.4, -0.2) is 19.1 Å². The van der Waals surface area contributed by atoms with Gasteiger partial charge in [-0.1, -0.05) is 12.8 Å². The van der Waals surface area contributed by atoms with Crippen LogP contribution in [0.2, 0.25) is 0 Å². The van der Waals surface area contributed by atoms with Gasteiger partial charge in [-0.25, -0.2) is 5.48 Å². The lowest BCUT2D eigenvalue weighted by Crippen LogP contribution is -2.32. The van der Waals surface area contributed by atoms with E-state index in [4.69, 9.17) is 17.0 Å². The Bertz CT molecular complexity index is 160. The van der Waals surface area contributed by atoms with E-state index in [2.05, 4.69) is 16.4 Å². The molecule has 3 N–H and O–H groups in total. The molecule has 0 aliphatic heterocycles. The van der Waals surface area contributed by atoms with Gasteiger partial charge in [0.1, 0.15) is 6.61 Å². The highest BCUT2D eigenvalue weighted by Gasteiger charge is 1.86. The minimum atomic E-state index is 0.183. The first-order valence-corrected chi connectivity index (χ1v) is 3.42. The fourth-order valence-electron chi connectivity index (χ4n) is 0.416. The molecule has 0 saturated heterocycles. The maximum absolute atomic E-state index is 5.35. The van der Waals surface area contributed by atoms with Gasteiger partial charge in [-0.3, -0.25) is 9.83 Å². The van der Waals surface area contributed by atoms with Gasteiger partial charge in [0, 0.05) is 6.54 Å². The Morgan fingerprint density at radius 2 is 2.55 bits per heavy atom.